The molecule has 2 rings (SSSR count). The van der Waals surface area contributed by atoms with Gasteiger partial charge in [-0.2, -0.15) is 5.10 Å². The van der Waals surface area contributed by atoms with Gasteiger partial charge >= 0.3 is 0 Å². The summed E-state index contributed by atoms with van der Waals surface area (Å²) < 4.78 is 0. The standard InChI is InChI=1S/C12H12N2/c1-2-4-11(5-3-1)10-12-6-8-13-14-9-7-12/h1-9,13H,10H2. The van der Waals surface area contributed by atoms with Crippen molar-refractivity contribution in [1.82, 2.24) is 5.43 Å². The molecule has 0 amide bonds. The molecule has 0 radical (unpaired) electrons. The minimum atomic E-state index is 0.949. The zero-order chi connectivity index (χ0) is 9.64. The van der Waals surface area contributed by atoms with E-state index in [0.29, 0.717) is 0 Å². The lowest BCUT2D eigenvalue weighted by molar-refractivity contribution is 0.978. The highest BCUT2D eigenvalue weighted by Crippen LogP contribution is 2.08. The number of allylic oxidation sites excluding steroid dienone is 3. The first kappa shape index (κ1) is 8.75. The highest BCUT2D eigenvalue weighted by atomic mass is 15.3. The van der Waals surface area contributed by atoms with Crippen molar-refractivity contribution in [2.75, 3.05) is 0 Å². The van der Waals surface area contributed by atoms with Crippen LogP contribution in [0.3, 0.4) is 0 Å². The van der Waals surface area contributed by atoms with Gasteiger partial charge in [0, 0.05) is 12.4 Å². The minimum Gasteiger partial charge on any atom is -0.286 e. The lowest BCUT2D eigenvalue weighted by Crippen LogP contribution is -1.90. The Kier molecular flexibility index (Phi) is 2.76. The van der Waals surface area contributed by atoms with Gasteiger partial charge in [0.15, 0.2) is 0 Å². The second kappa shape index (κ2) is 4.42. The molecule has 0 aliphatic carbocycles. The summed E-state index contributed by atoms with van der Waals surface area (Å²) in [7, 11) is 0. The first-order valence-electron chi connectivity index (χ1n) is 4.63. The molecule has 1 aliphatic rings. The highest BCUT2D eigenvalue weighted by Gasteiger charge is 1.95. The summed E-state index contributed by atoms with van der Waals surface area (Å²) >= 11 is 0. The van der Waals surface area contributed by atoms with Crippen LogP contribution in [0.5, 0.6) is 0 Å². The van der Waals surface area contributed by atoms with E-state index in [1.165, 1.54) is 11.1 Å². The van der Waals surface area contributed by atoms with E-state index >= 15 is 0 Å². The second-order valence-electron chi connectivity index (χ2n) is 3.14. The van der Waals surface area contributed by atoms with Crippen LogP contribution in [0, 0.1) is 0 Å². The Labute approximate surface area is 83.7 Å². The van der Waals surface area contributed by atoms with Crippen molar-refractivity contribution >= 4 is 6.21 Å². The molecular formula is C12H12N2. The Morgan fingerprint density at radius 2 is 2.00 bits per heavy atom. The third kappa shape index (κ3) is 2.33. The molecule has 0 spiro atoms. The highest BCUT2D eigenvalue weighted by molar-refractivity contribution is 5.73. The van der Waals surface area contributed by atoms with Crippen LogP contribution in [0.15, 0.2) is 59.4 Å². The first-order chi connectivity index (χ1) is 6.95. The van der Waals surface area contributed by atoms with E-state index in [0.717, 1.165) is 6.42 Å². The lowest BCUT2D eigenvalue weighted by Gasteiger charge is -2.00. The summed E-state index contributed by atoms with van der Waals surface area (Å²) in [6.45, 7) is 0. The molecule has 0 fully saturated rings. The van der Waals surface area contributed by atoms with Gasteiger partial charge in [-0.05, 0) is 29.7 Å². The number of rotatable bonds is 2. The third-order valence-electron chi connectivity index (χ3n) is 2.06. The summed E-state index contributed by atoms with van der Waals surface area (Å²) in [6.07, 6.45) is 8.63. The number of hydrogen-bond acceptors (Lipinski definition) is 2. The summed E-state index contributed by atoms with van der Waals surface area (Å²) in [5.41, 5.74) is 5.37. The quantitative estimate of drug-likeness (QED) is 0.749. The maximum Gasteiger partial charge on any atom is 0.0474 e. The number of hydrazone groups is 1. The zero-order valence-electron chi connectivity index (χ0n) is 7.85. The average Bonchev–Trinajstić information content (AvgIpc) is 2.48. The van der Waals surface area contributed by atoms with Gasteiger partial charge in [0.25, 0.3) is 0 Å². The lowest BCUT2D eigenvalue weighted by atomic mass is 10.1. The van der Waals surface area contributed by atoms with E-state index in [4.69, 9.17) is 0 Å². The number of nitrogens with one attached hydrogen (secondary N) is 1. The molecule has 1 heterocycles. The smallest absolute Gasteiger partial charge is 0.0474 e. The van der Waals surface area contributed by atoms with Gasteiger partial charge in [-0.25, -0.2) is 0 Å². The Balaban J connectivity index is 2.11. The molecule has 14 heavy (non-hydrogen) atoms. The van der Waals surface area contributed by atoms with Crippen molar-refractivity contribution in [2.45, 2.75) is 6.42 Å². The summed E-state index contributed by atoms with van der Waals surface area (Å²) in [4.78, 5) is 0. The Morgan fingerprint density at radius 3 is 2.86 bits per heavy atom. The fourth-order valence-corrected chi connectivity index (χ4v) is 1.37. The van der Waals surface area contributed by atoms with Gasteiger partial charge in [-0.15, -0.1) is 0 Å². The van der Waals surface area contributed by atoms with Crippen molar-refractivity contribution in [1.29, 1.82) is 0 Å². The first-order valence-corrected chi connectivity index (χ1v) is 4.63. The van der Waals surface area contributed by atoms with E-state index < -0.39 is 0 Å². The molecule has 0 aromatic heterocycles. The molecule has 2 nitrogen and oxygen atoms in total. The van der Waals surface area contributed by atoms with Crippen molar-refractivity contribution in [3.8, 4) is 0 Å². The number of hydrogen-bond donors (Lipinski definition) is 1. The molecule has 1 aromatic rings. The fourth-order valence-electron chi connectivity index (χ4n) is 1.37. The maximum absolute atomic E-state index is 3.92. The maximum atomic E-state index is 3.92. The van der Waals surface area contributed by atoms with Crippen LogP contribution in [-0.2, 0) is 6.42 Å². The molecular weight excluding hydrogens is 172 g/mol. The van der Waals surface area contributed by atoms with Gasteiger partial charge in [-0.3, -0.25) is 5.43 Å². The van der Waals surface area contributed by atoms with Crippen molar-refractivity contribution in [3.63, 3.8) is 0 Å². The van der Waals surface area contributed by atoms with Gasteiger partial charge in [0.1, 0.15) is 0 Å². The van der Waals surface area contributed by atoms with Crippen LogP contribution >= 0.6 is 0 Å². The van der Waals surface area contributed by atoms with E-state index in [1.54, 1.807) is 6.21 Å². The number of nitrogens with zero attached hydrogens (tertiary/aromatic N) is 1. The molecule has 70 valence electrons. The van der Waals surface area contributed by atoms with Crippen LogP contribution in [0.25, 0.3) is 0 Å². The van der Waals surface area contributed by atoms with E-state index in [-0.39, 0.29) is 0 Å². The second-order valence-corrected chi connectivity index (χ2v) is 3.14. The van der Waals surface area contributed by atoms with Crippen LogP contribution in [-0.4, -0.2) is 6.21 Å². The topological polar surface area (TPSA) is 24.4 Å². The molecule has 1 aliphatic heterocycles. The molecule has 0 atom stereocenters. The fraction of sp³-hybridized carbons (Fsp3) is 0.0833. The predicted octanol–water partition coefficient (Wildman–Crippen LogP) is 2.26. The van der Waals surface area contributed by atoms with Gasteiger partial charge in [0.2, 0.25) is 0 Å². The van der Waals surface area contributed by atoms with Crippen molar-refractivity contribution in [2.24, 2.45) is 5.10 Å². The van der Waals surface area contributed by atoms with Crippen LogP contribution in [0.2, 0.25) is 0 Å². The predicted molar refractivity (Wildman–Crippen MR) is 59.0 cm³/mol. The summed E-state index contributed by atoms with van der Waals surface area (Å²) in [6, 6.07) is 10.4. The zero-order valence-corrected chi connectivity index (χ0v) is 7.85. The Hall–Kier alpha value is -1.83. The molecule has 1 aromatic carbocycles. The summed E-state index contributed by atoms with van der Waals surface area (Å²) in [5.74, 6) is 0. The van der Waals surface area contributed by atoms with Gasteiger partial charge < -0.3 is 0 Å². The third-order valence-corrected chi connectivity index (χ3v) is 2.06. The van der Waals surface area contributed by atoms with Gasteiger partial charge in [-0.1, -0.05) is 30.3 Å². The van der Waals surface area contributed by atoms with E-state index in [2.05, 4.69) is 34.8 Å². The molecule has 2 heteroatoms. The van der Waals surface area contributed by atoms with E-state index in [9.17, 15) is 0 Å². The SMILES string of the molecule is C1=CC(Cc2ccccc2)=CC=NN1. The van der Waals surface area contributed by atoms with Gasteiger partial charge in [0.05, 0.1) is 0 Å². The largest absolute Gasteiger partial charge is 0.286 e. The van der Waals surface area contributed by atoms with Crippen molar-refractivity contribution in [3.05, 3.63) is 59.8 Å². The molecule has 1 N–H and O–H groups in total. The minimum absolute atomic E-state index is 0.949. The van der Waals surface area contributed by atoms with Crippen LogP contribution in [0.4, 0.5) is 0 Å². The number of benzene rings is 1. The summed E-state index contributed by atoms with van der Waals surface area (Å²) in [5, 5.41) is 3.92. The average molecular weight is 184 g/mol. The van der Waals surface area contributed by atoms with Crippen LogP contribution < -0.4 is 5.43 Å². The molecule has 0 saturated carbocycles. The molecule has 0 saturated heterocycles. The van der Waals surface area contributed by atoms with Crippen LogP contribution in [0.1, 0.15) is 5.56 Å². The molecule has 0 bridgehead atoms. The molecule has 0 unspecified atom stereocenters. The van der Waals surface area contributed by atoms with E-state index in [1.807, 2.05) is 24.4 Å². The Bertz CT molecular complexity index is 375. The normalized spacial score (nSPS) is 14.4. The monoisotopic (exact) mass is 184 g/mol. The Morgan fingerprint density at radius 1 is 1.14 bits per heavy atom. The van der Waals surface area contributed by atoms with Crippen molar-refractivity contribution < 1.29 is 0 Å².